The molecule has 0 nitrogen and oxygen atoms in total. The zero-order valence-electron chi connectivity index (χ0n) is 16.8. The van der Waals surface area contributed by atoms with Crippen molar-refractivity contribution in [1.29, 1.82) is 0 Å². The van der Waals surface area contributed by atoms with E-state index in [1.54, 1.807) is 5.56 Å². The van der Waals surface area contributed by atoms with Gasteiger partial charge in [-0.1, -0.05) is 76.2 Å². The smallest absolute Gasteiger partial charge is 0.0629 e. The summed E-state index contributed by atoms with van der Waals surface area (Å²) in [5.41, 5.74) is 6.38. The van der Waals surface area contributed by atoms with Gasteiger partial charge in [-0.15, -0.1) is 11.8 Å². The van der Waals surface area contributed by atoms with Crippen molar-refractivity contribution in [3.8, 4) is 0 Å². The number of thiol groups is 1. The van der Waals surface area contributed by atoms with Crippen LogP contribution in [0.3, 0.4) is 0 Å². The Balaban J connectivity index is 2.15. The zero-order chi connectivity index (χ0) is 19.0. The predicted octanol–water partition coefficient (Wildman–Crippen LogP) is 6.96. The Bertz CT molecular complexity index is 761. The monoisotopic (exact) mass is 384 g/mol. The molecule has 2 aromatic carbocycles. The Morgan fingerprint density at radius 1 is 0.885 bits per heavy atom. The Labute approximate surface area is 169 Å². The highest BCUT2D eigenvalue weighted by Crippen LogP contribution is 2.49. The third kappa shape index (κ3) is 3.60. The fourth-order valence-corrected chi connectivity index (χ4v) is 5.59. The summed E-state index contributed by atoms with van der Waals surface area (Å²) in [5.74, 6) is 1.94. The Hall–Kier alpha value is -0.860. The number of rotatable bonds is 5. The Kier molecular flexibility index (Phi) is 5.57. The lowest BCUT2D eigenvalue weighted by Gasteiger charge is -2.43. The topological polar surface area (TPSA) is 0 Å². The average molecular weight is 385 g/mol. The maximum Gasteiger partial charge on any atom is 0.0629 e. The van der Waals surface area contributed by atoms with E-state index in [-0.39, 0.29) is 15.6 Å². The molecule has 0 fully saturated rings. The molecule has 1 aliphatic rings. The van der Waals surface area contributed by atoms with Crippen LogP contribution in [0, 0.1) is 0 Å². The molecular weight excluding hydrogens is 352 g/mol. The number of fused-ring (bicyclic) bond motifs is 1. The van der Waals surface area contributed by atoms with Crippen molar-refractivity contribution >= 4 is 24.4 Å². The molecule has 0 amide bonds. The molecular formula is C24H32S2. The van der Waals surface area contributed by atoms with Crippen LogP contribution in [0.15, 0.2) is 48.5 Å². The molecule has 2 heteroatoms. The maximum absolute atomic E-state index is 4.47. The largest absolute Gasteiger partial charge is 0.179 e. The second-order valence-corrected chi connectivity index (χ2v) is 11.0. The van der Waals surface area contributed by atoms with Gasteiger partial charge in [0.15, 0.2) is 0 Å². The van der Waals surface area contributed by atoms with E-state index >= 15 is 0 Å². The normalized spacial score (nSPS) is 20.2. The van der Waals surface area contributed by atoms with E-state index in [0.29, 0.717) is 0 Å². The van der Waals surface area contributed by atoms with Crippen LogP contribution in [0.1, 0.15) is 69.7 Å². The van der Waals surface area contributed by atoms with Gasteiger partial charge in [-0.3, -0.25) is 0 Å². The van der Waals surface area contributed by atoms with Crippen molar-refractivity contribution in [3.63, 3.8) is 0 Å². The van der Waals surface area contributed by atoms with E-state index in [9.17, 15) is 0 Å². The molecule has 0 aliphatic heterocycles. The summed E-state index contributed by atoms with van der Waals surface area (Å²) in [6.45, 7) is 12.0. The first-order chi connectivity index (χ1) is 12.2. The second-order valence-electron chi connectivity index (χ2n) is 9.00. The van der Waals surface area contributed by atoms with E-state index in [0.717, 1.165) is 11.5 Å². The van der Waals surface area contributed by atoms with Crippen LogP contribution in [0.25, 0.3) is 0 Å². The SMILES string of the molecule is CC1(C)CCC(C)(C)c2cc(C(C)(SCCS)c3ccccc3)ccc21. The summed E-state index contributed by atoms with van der Waals surface area (Å²) < 4.78 is -0.0450. The number of benzene rings is 2. The van der Waals surface area contributed by atoms with E-state index in [1.165, 1.54) is 29.5 Å². The third-order valence-electron chi connectivity index (χ3n) is 6.21. The van der Waals surface area contributed by atoms with Gasteiger partial charge in [0.05, 0.1) is 4.75 Å². The molecule has 0 spiro atoms. The van der Waals surface area contributed by atoms with E-state index in [2.05, 4.69) is 95.8 Å². The highest BCUT2D eigenvalue weighted by molar-refractivity contribution is 8.01. The summed E-state index contributed by atoms with van der Waals surface area (Å²) in [4.78, 5) is 0. The Morgan fingerprint density at radius 2 is 1.50 bits per heavy atom. The van der Waals surface area contributed by atoms with Crippen molar-refractivity contribution in [2.75, 3.05) is 11.5 Å². The summed E-state index contributed by atoms with van der Waals surface area (Å²) >= 11 is 6.47. The minimum Gasteiger partial charge on any atom is -0.179 e. The molecule has 0 saturated heterocycles. The van der Waals surface area contributed by atoms with Gasteiger partial charge in [0.25, 0.3) is 0 Å². The van der Waals surface area contributed by atoms with Gasteiger partial charge < -0.3 is 0 Å². The van der Waals surface area contributed by atoms with E-state index in [4.69, 9.17) is 0 Å². The molecule has 1 unspecified atom stereocenters. The molecule has 26 heavy (non-hydrogen) atoms. The number of hydrogen-bond acceptors (Lipinski definition) is 2. The minimum absolute atomic E-state index is 0.0450. The van der Waals surface area contributed by atoms with Crippen LogP contribution in [0.2, 0.25) is 0 Å². The van der Waals surface area contributed by atoms with Gasteiger partial charge in [0, 0.05) is 5.75 Å². The fraction of sp³-hybridized carbons (Fsp3) is 0.500. The molecule has 0 saturated carbocycles. The minimum atomic E-state index is -0.0450. The number of hydrogen-bond donors (Lipinski definition) is 1. The fourth-order valence-electron chi connectivity index (χ4n) is 4.22. The quantitative estimate of drug-likeness (QED) is 0.543. The van der Waals surface area contributed by atoms with Crippen molar-refractivity contribution < 1.29 is 0 Å². The highest BCUT2D eigenvalue weighted by Gasteiger charge is 2.39. The first-order valence-corrected chi connectivity index (χ1v) is 11.3. The van der Waals surface area contributed by atoms with Gasteiger partial charge in [0.2, 0.25) is 0 Å². The zero-order valence-corrected chi connectivity index (χ0v) is 18.5. The molecule has 0 radical (unpaired) electrons. The van der Waals surface area contributed by atoms with E-state index in [1.807, 2.05) is 11.8 Å². The molecule has 0 heterocycles. The Morgan fingerprint density at radius 3 is 2.12 bits per heavy atom. The van der Waals surface area contributed by atoms with Crippen molar-refractivity contribution in [2.24, 2.45) is 0 Å². The van der Waals surface area contributed by atoms with Crippen molar-refractivity contribution in [1.82, 2.24) is 0 Å². The maximum atomic E-state index is 4.47. The van der Waals surface area contributed by atoms with Crippen LogP contribution >= 0.6 is 24.4 Å². The van der Waals surface area contributed by atoms with Crippen LogP contribution in [-0.2, 0) is 15.6 Å². The third-order valence-corrected chi connectivity index (χ3v) is 8.19. The van der Waals surface area contributed by atoms with E-state index < -0.39 is 0 Å². The lowest BCUT2D eigenvalue weighted by molar-refractivity contribution is 0.331. The molecule has 0 N–H and O–H groups in total. The molecule has 3 rings (SSSR count). The summed E-state index contributed by atoms with van der Waals surface area (Å²) in [6, 6.07) is 18.2. The predicted molar refractivity (Wildman–Crippen MR) is 121 cm³/mol. The molecule has 0 aromatic heterocycles. The van der Waals surface area contributed by atoms with Crippen LogP contribution in [-0.4, -0.2) is 11.5 Å². The second kappa shape index (κ2) is 7.28. The van der Waals surface area contributed by atoms with Crippen LogP contribution in [0.5, 0.6) is 0 Å². The van der Waals surface area contributed by atoms with Gasteiger partial charge in [-0.25, -0.2) is 0 Å². The summed E-state index contributed by atoms with van der Waals surface area (Å²) in [7, 11) is 0. The summed E-state index contributed by atoms with van der Waals surface area (Å²) in [6.07, 6.45) is 2.51. The first-order valence-electron chi connectivity index (χ1n) is 9.66. The number of thioether (sulfide) groups is 1. The van der Waals surface area contributed by atoms with Gasteiger partial charge in [0.1, 0.15) is 0 Å². The highest BCUT2D eigenvalue weighted by atomic mass is 32.2. The van der Waals surface area contributed by atoms with Crippen molar-refractivity contribution in [3.05, 3.63) is 70.8 Å². The molecule has 0 bridgehead atoms. The van der Waals surface area contributed by atoms with Crippen LogP contribution in [0.4, 0.5) is 0 Å². The lowest BCUT2D eigenvalue weighted by atomic mass is 9.62. The molecule has 1 atom stereocenters. The molecule has 140 valence electrons. The molecule has 2 aromatic rings. The van der Waals surface area contributed by atoms with Gasteiger partial charge >= 0.3 is 0 Å². The molecule has 1 aliphatic carbocycles. The summed E-state index contributed by atoms with van der Waals surface area (Å²) in [5, 5.41) is 0. The van der Waals surface area contributed by atoms with Crippen LogP contribution < -0.4 is 0 Å². The van der Waals surface area contributed by atoms with Crippen molar-refractivity contribution in [2.45, 2.75) is 63.0 Å². The average Bonchev–Trinajstić information content (AvgIpc) is 2.64. The first kappa shape index (κ1) is 19.9. The van der Waals surface area contributed by atoms with Gasteiger partial charge in [-0.2, -0.15) is 12.6 Å². The standard InChI is InChI=1S/C24H32S2/c1-22(2)13-14-23(3,4)21-17-19(11-12-20(21)22)24(5,26-16-15-25)18-9-7-6-8-10-18/h6-12,17,25H,13-16H2,1-5H3. The lowest BCUT2D eigenvalue weighted by Crippen LogP contribution is -2.34. The van der Waals surface area contributed by atoms with Gasteiger partial charge in [-0.05, 0) is 58.6 Å².